The summed E-state index contributed by atoms with van der Waals surface area (Å²) in [5.41, 5.74) is 1.20. The second-order valence-electron chi connectivity index (χ2n) is 8.55. The Bertz CT molecular complexity index is 1260. The lowest BCUT2D eigenvalue weighted by molar-refractivity contribution is -0.124. The van der Waals surface area contributed by atoms with Crippen LogP contribution in [0.25, 0.3) is 5.78 Å². The van der Waals surface area contributed by atoms with Gasteiger partial charge in [0.2, 0.25) is 11.7 Å². The number of ether oxygens (including phenoxy) is 1. The van der Waals surface area contributed by atoms with Crippen LogP contribution < -0.4 is 4.74 Å². The number of halogens is 1. The predicted octanol–water partition coefficient (Wildman–Crippen LogP) is 1.50. The molecule has 2 aromatic heterocycles. The van der Waals surface area contributed by atoms with Gasteiger partial charge in [-0.25, -0.2) is 9.37 Å². The molecule has 35 heavy (non-hydrogen) atoms. The highest BCUT2D eigenvalue weighted by atomic mass is 19.1. The smallest absolute Gasteiger partial charge is 0.296 e. The van der Waals surface area contributed by atoms with Crippen molar-refractivity contribution < 1.29 is 23.5 Å². The van der Waals surface area contributed by atoms with Crippen molar-refractivity contribution >= 4 is 23.4 Å². The normalized spacial score (nSPS) is 14.6. The van der Waals surface area contributed by atoms with Crippen LogP contribution in [0, 0.1) is 5.82 Å². The third-order valence-electron chi connectivity index (χ3n) is 5.92. The van der Waals surface area contributed by atoms with Crippen molar-refractivity contribution in [1.29, 1.82) is 0 Å². The summed E-state index contributed by atoms with van der Waals surface area (Å²) >= 11 is 0. The van der Waals surface area contributed by atoms with Gasteiger partial charge in [-0.2, -0.15) is 4.98 Å². The van der Waals surface area contributed by atoms with Crippen LogP contribution in [0.15, 0.2) is 36.7 Å². The molecule has 1 fully saturated rings. The number of ketones is 1. The summed E-state index contributed by atoms with van der Waals surface area (Å²) in [5.74, 6) is -1.77. The molecule has 1 aromatic carbocycles. The molecule has 0 unspecified atom stereocenters. The highest BCUT2D eigenvalue weighted by molar-refractivity contribution is 6.42. The number of amides is 2. The highest BCUT2D eigenvalue weighted by Gasteiger charge is 2.27. The summed E-state index contributed by atoms with van der Waals surface area (Å²) in [6, 6.07) is 6.42. The van der Waals surface area contributed by atoms with Crippen molar-refractivity contribution in [1.82, 2.24) is 29.1 Å². The second-order valence-corrected chi connectivity index (χ2v) is 8.55. The third-order valence-corrected chi connectivity index (χ3v) is 5.92. The van der Waals surface area contributed by atoms with Crippen LogP contribution >= 0.6 is 0 Å². The molecule has 0 spiro atoms. The van der Waals surface area contributed by atoms with E-state index in [1.807, 2.05) is 0 Å². The molecule has 3 aromatic rings. The molecule has 4 rings (SSSR count). The summed E-state index contributed by atoms with van der Waals surface area (Å²) in [6.45, 7) is 3.13. The third kappa shape index (κ3) is 5.14. The minimum Gasteiger partial charge on any atom is -0.480 e. The molecule has 10 nitrogen and oxygen atoms in total. The lowest BCUT2D eigenvalue weighted by Gasteiger charge is -2.22. The van der Waals surface area contributed by atoms with Gasteiger partial charge in [0.05, 0.1) is 13.3 Å². The average Bonchev–Trinajstić information content (AvgIpc) is 3.13. The van der Waals surface area contributed by atoms with Gasteiger partial charge in [-0.1, -0.05) is 12.1 Å². The first-order chi connectivity index (χ1) is 16.8. The highest BCUT2D eigenvalue weighted by Crippen LogP contribution is 2.21. The van der Waals surface area contributed by atoms with Gasteiger partial charge in [-0.3, -0.25) is 23.7 Å². The molecule has 184 valence electrons. The monoisotopic (exact) mass is 482 g/mol. The Hall–Kier alpha value is -3.86. The maximum atomic E-state index is 13.5. The van der Waals surface area contributed by atoms with E-state index in [0.29, 0.717) is 26.2 Å². The first kappa shape index (κ1) is 24.3. The zero-order chi connectivity index (χ0) is 25.1. The standard InChI is InChI=1S/C24H27FN6O4/c1-28(2)23(34)20(32)19-13-26-24-27-21(35-3)18(15-31(19)24)22(33)30-10-4-9-29(11-12-30)14-16-5-7-17(25)8-6-16/h5-8,13,15H,4,9-12,14H2,1-3H3. The zero-order valence-corrected chi connectivity index (χ0v) is 19.9. The number of carbonyl (C=O) groups excluding carboxylic acids is 3. The zero-order valence-electron chi connectivity index (χ0n) is 19.9. The average molecular weight is 483 g/mol. The van der Waals surface area contributed by atoms with Gasteiger partial charge >= 0.3 is 0 Å². The summed E-state index contributed by atoms with van der Waals surface area (Å²) in [7, 11) is 4.38. The van der Waals surface area contributed by atoms with E-state index in [0.717, 1.165) is 18.5 Å². The van der Waals surface area contributed by atoms with Gasteiger partial charge in [0, 0.05) is 53.0 Å². The minimum atomic E-state index is -0.751. The van der Waals surface area contributed by atoms with Crippen LogP contribution in [-0.2, 0) is 11.3 Å². The molecule has 0 aliphatic carbocycles. The largest absolute Gasteiger partial charge is 0.480 e. The van der Waals surface area contributed by atoms with Crippen LogP contribution in [-0.4, -0.2) is 94.1 Å². The maximum Gasteiger partial charge on any atom is 0.296 e. The minimum absolute atomic E-state index is 0.0178. The van der Waals surface area contributed by atoms with E-state index in [4.69, 9.17) is 4.74 Å². The van der Waals surface area contributed by atoms with Gasteiger partial charge < -0.3 is 14.5 Å². The number of aromatic nitrogens is 3. The quantitative estimate of drug-likeness (QED) is 0.388. The number of Topliss-reactive ketones (excluding diaryl/α,β-unsaturated/α-hetero) is 1. The molecule has 0 saturated carbocycles. The van der Waals surface area contributed by atoms with Crippen molar-refractivity contribution in [3.63, 3.8) is 0 Å². The van der Waals surface area contributed by atoms with Gasteiger partial charge in [0.25, 0.3) is 17.6 Å². The summed E-state index contributed by atoms with van der Waals surface area (Å²) in [6.07, 6.45) is 3.48. The van der Waals surface area contributed by atoms with Gasteiger partial charge in [0.15, 0.2) is 0 Å². The van der Waals surface area contributed by atoms with Crippen LogP contribution in [0.3, 0.4) is 0 Å². The molecule has 0 radical (unpaired) electrons. The predicted molar refractivity (Wildman–Crippen MR) is 125 cm³/mol. The fourth-order valence-corrected chi connectivity index (χ4v) is 4.03. The van der Waals surface area contributed by atoms with E-state index in [2.05, 4.69) is 14.9 Å². The van der Waals surface area contributed by atoms with E-state index in [9.17, 15) is 18.8 Å². The van der Waals surface area contributed by atoms with E-state index in [1.165, 1.54) is 55.0 Å². The first-order valence-corrected chi connectivity index (χ1v) is 11.2. The van der Waals surface area contributed by atoms with Gasteiger partial charge in [0.1, 0.15) is 17.1 Å². The van der Waals surface area contributed by atoms with E-state index in [1.54, 1.807) is 17.0 Å². The molecule has 2 amide bonds. The molecule has 1 aliphatic rings. The molecular weight excluding hydrogens is 455 g/mol. The molecule has 1 aliphatic heterocycles. The Morgan fingerprint density at radius 1 is 1.09 bits per heavy atom. The number of benzene rings is 1. The number of hydrogen-bond donors (Lipinski definition) is 0. The lowest BCUT2D eigenvalue weighted by Crippen LogP contribution is -2.35. The second kappa shape index (κ2) is 10.2. The van der Waals surface area contributed by atoms with Gasteiger partial charge in [-0.05, 0) is 24.1 Å². The number of nitrogens with zero attached hydrogens (tertiary/aromatic N) is 6. The number of fused-ring (bicyclic) bond motifs is 1. The van der Waals surface area contributed by atoms with Crippen molar-refractivity contribution in [2.45, 2.75) is 13.0 Å². The fraction of sp³-hybridized carbons (Fsp3) is 0.375. The maximum absolute atomic E-state index is 13.5. The van der Waals surface area contributed by atoms with E-state index < -0.39 is 11.7 Å². The molecule has 0 N–H and O–H groups in total. The molecule has 0 atom stereocenters. The topological polar surface area (TPSA) is 100 Å². The SMILES string of the molecule is COc1nc2ncc(C(=O)C(=O)N(C)C)n2cc1C(=O)N1CCCN(Cc2ccc(F)cc2)CC1. The van der Waals surface area contributed by atoms with Crippen LogP contribution in [0.2, 0.25) is 0 Å². The van der Waals surface area contributed by atoms with Crippen LogP contribution in [0.4, 0.5) is 4.39 Å². The Kier molecular flexibility index (Phi) is 7.06. The molecule has 11 heteroatoms. The summed E-state index contributed by atoms with van der Waals surface area (Å²) in [4.78, 5) is 51.8. The number of likely N-dealkylation sites (N-methyl/N-ethyl adjacent to an activating group) is 1. The van der Waals surface area contributed by atoms with Crippen LogP contribution in [0.1, 0.15) is 32.8 Å². The van der Waals surface area contributed by atoms with Crippen LogP contribution in [0.5, 0.6) is 5.88 Å². The Morgan fingerprint density at radius 3 is 2.51 bits per heavy atom. The number of imidazole rings is 1. The summed E-state index contributed by atoms with van der Waals surface area (Å²) in [5, 5.41) is 0. The lowest BCUT2D eigenvalue weighted by atomic mass is 10.2. The van der Waals surface area contributed by atoms with Crippen molar-refractivity contribution in [2.75, 3.05) is 47.4 Å². The van der Waals surface area contributed by atoms with E-state index >= 15 is 0 Å². The fourth-order valence-electron chi connectivity index (χ4n) is 4.03. The number of rotatable bonds is 6. The molecular formula is C24H27FN6O4. The Morgan fingerprint density at radius 2 is 1.83 bits per heavy atom. The van der Waals surface area contributed by atoms with Crippen molar-refractivity contribution in [3.8, 4) is 5.88 Å². The molecule has 3 heterocycles. The summed E-state index contributed by atoms with van der Waals surface area (Å²) < 4.78 is 19.9. The molecule has 0 bridgehead atoms. The van der Waals surface area contributed by atoms with Crippen molar-refractivity contribution in [3.05, 3.63) is 59.3 Å². The number of methoxy groups -OCH3 is 1. The Labute approximate surface area is 201 Å². The molecule has 1 saturated heterocycles. The van der Waals surface area contributed by atoms with Gasteiger partial charge in [-0.15, -0.1) is 0 Å². The van der Waals surface area contributed by atoms with E-state index in [-0.39, 0.29) is 34.6 Å². The number of hydrogen-bond acceptors (Lipinski definition) is 7. The Balaban J connectivity index is 1.55. The number of carbonyl (C=O) groups is 3. The first-order valence-electron chi connectivity index (χ1n) is 11.2. The van der Waals surface area contributed by atoms with Crippen molar-refractivity contribution in [2.24, 2.45) is 0 Å².